The van der Waals surface area contributed by atoms with Crippen LogP contribution in [0, 0.1) is 5.92 Å². The fraction of sp³-hybridized carbons (Fsp3) is 0.571. The van der Waals surface area contributed by atoms with Crippen LogP contribution in [0.15, 0.2) is 28.8 Å². The molecule has 1 N–H and O–H groups in total. The number of unbranched alkanes of at least 4 members (excludes halogenated alkanes) is 1. The Kier molecular flexibility index (Phi) is 6.14. The van der Waals surface area contributed by atoms with Gasteiger partial charge in [0.25, 0.3) is 5.91 Å². The summed E-state index contributed by atoms with van der Waals surface area (Å²) in [6.45, 7) is 7.27. The maximum Gasteiger partial charge on any atom is 0.251 e. The van der Waals surface area contributed by atoms with Gasteiger partial charge >= 0.3 is 0 Å². The number of rotatable bonds is 9. The Balaban J connectivity index is 1.66. The Labute approximate surface area is 161 Å². The van der Waals surface area contributed by atoms with E-state index in [2.05, 4.69) is 34.3 Å². The van der Waals surface area contributed by atoms with E-state index in [1.807, 2.05) is 38.1 Å². The highest BCUT2D eigenvalue weighted by atomic mass is 16.5. The molecule has 2 aromatic rings. The molecule has 1 amide bonds. The summed E-state index contributed by atoms with van der Waals surface area (Å²) in [5, 5.41) is 7.13. The fourth-order valence-corrected chi connectivity index (χ4v) is 3.01. The van der Waals surface area contributed by atoms with Crippen LogP contribution >= 0.6 is 0 Å². The van der Waals surface area contributed by atoms with E-state index in [0.717, 1.165) is 37.3 Å². The van der Waals surface area contributed by atoms with Crippen molar-refractivity contribution in [3.63, 3.8) is 0 Å². The van der Waals surface area contributed by atoms with E-state index < -0.39 is 0 Å². The zero-order valence-electron chi connectivity index (χ0n) is 16.7. The second kappa shape index (κ2) is 8.55. The van der Waals surface area contributed by atoms with Gasteiger partial charge < -0.3 is 14.7 Å². The minimum absolute atomic E-state index is 0.123. The molecule has 0 aliphatic heterocycles. The number of amides is 1. The predicted octanol–water partition coefficient (Wildman–Crippen LogP) is 4.31. The molecule has 1 aromatic carbocycles. The molecule has 1 unspecified atom stereocenters. The van der Waals surface area contributed by atoms with Gasteiger partial charge in [0.1, 0.15) is 6.04 Å². The van der Waals surface area contributed by atoms with Gasteiger partial charge in [0.05, 0.1) is 0 Å². The van der Waals surface area contributed by atoms with Crippen LogP contribution in [0.4, 0.5) is 5.69 Å². The number of nitrogens with one attached hydrogen (secondary N) is 1. The summed E-state index contributed by atoms with van der Waals surface area (Å²) in [6, 6.07) is 7.44. The van der Waals surface area contributed by atoms with Crippen LogP contribution in [0.1, 0.15) is 80.5 Å². The average Bonchev–Trinajstić information content (AvgIpc) is 3.41. The summed E-state index contributed by atoms with van der Waals surface area (Å²) >= 11 is 0. The topological polar surface area (TPSA) is 71.3 Å². The summed E-state index contributed by atoms with van der Waals surface area (Å²) in [4.78, 5) is 19.4. The zero-order valence-corrected chi connectivity index (χ0v) is 16.7. The molecule has 1 saturated carbocycles. The second-order valence-electron chi connectivity index (χ2n) is 7.78. The molecular formula is C21H30N4O2. The second-order valence-corrected chi connectivity index (χ2v) is 7.78. The van der Waals surface area contributed by atoms with Crippen molar-refractivity contribution >= 4 is 11.6 Å². The monoisotopic (exact) mass is 370 g/mol. The van der Waals surface area contributed by atoms with Crippen molar-refractivity contribution in [1.82, 2.24) is 15.5 Å². The number of benzene rings is 1. The molecule has 1 atom stereocenters. The maximum atomic E-state index is 12.7. The van der Waals surface area contributed by atoms with Crippen LogP contribution in [0.25, 0.3) is 0 Å². The lowest BCUT2D eigenvalue weighted by molar-refractivity contribution is 0.0914. The van der Waals surface area contributed by atoms with Crippen molar-refractivity contribution in [2.24, 2.45) is 5.92 Å². The van der Waals surface area contributed by atoms with Gasteiger partial charge in [0.15, 0.2) is 5.82 Å². The average molecular weight is 370 g/mol. The third-order valence-electron chi connectivity index (χ3n) is 5.04. The number of nitrogens with zero attached hydrogens (tertiary/aromatic N) is 3. The Morgan fingerprint density at radius 1 is 1.30 bits per heavy atom. The molecule has 0 radical (unpaired) electrons. The summed E-state index contributed by atoms with van der Waals surface area (Å²) < 4.78 is 5.43. The van der Waals surface area contributed by atoms with Crippen LogP contribution in [0.2, 0.25) is 0 Å². The van der Waals surface area contributed by atoms with Crippen LogP contribution in [0.3, 0.4) is 0 Å². The molecule has 1 aliphatic carbocycles. The minimum Gasteiger partial charge on any atom is -0.375 e. The lowest BCUT2D eigenvalue weighted by atomic mass is 10.0. The highest BCUT2D eigenvalue weighted by Gasteiger charge is 2.31. The highest BCUT2D eigenvalue weighted by Crippen LogP contribution is 2.38. The SMILES string of the molecule is CCCCN(C)c1ccc(C(=O)NC(c2nc(C3CC3)no2)C(C)C)cc1. The fourth-order valence-electron chi connectivity index (χ4n) is 3.01. The van der Waals surface area contributed by atoms with E-state index >= 15 is 0 Å². The minimum atomic E-state index is -0.288. The Morgan fingerprint density at radius 2 is 2.00 bits per heavy atom. The summed E-state index contributed by atoms with van der Waals surface area (Å²) in [6.07, 6.45) is 4.56. The van der Waals surface area contributed by atoms with Crippen LogP contribution < -0.4 is 10.2 Å². The van der Waals surface area contributed by atoms with Gasteiger partial charge in [-0.1, -0.05) is 32.3 Å². The molecule has 146 valence electrons. The van der Waals surface area contributed by atoms with Crippen molar-refractivity contribution in [3.05, 3.63) is 41.5 Å². The van der Waals surface area contributed by atoms with Gasteiger partial charge in [0, 0.05) is 30.8 Å². The summed E-state index contributed by atoms with van der Waals surface area (Å²) in [5.74, 6) is 1.73. The third kappa shape index (κ3) is 4.87. The van der Waals surface area contributed by atoms with Crippen molar-refractivity contribution in [2.45, 2.75) is 58.4 Å². The number of carbonyl (C=O) groups is 1. The number of anilines is 1. The molecule has 1 aliphatic rings. The van der Waals surface area contributed by atoms with Crippen LogP contribution in [0.5, 0.6) is 0 Å². The van der Waals surface area contributed by atoms with Crippen LogP contribution in [-0.4, -0.2) is 29.6 Å². The molecule has 6 heteroatoms. The van der Waals surface area contributed by atoms with Gasteiger partial charge in [-0.3, -0.25) is 4.79 Å². The van der Waals surface area contributed by atoms with Gasteiger partial charge in [-0.25, -0.2) is 0 Å². The first-order chi connectivity index (χ1) is 13.0. The number of aromatic nitrogens is 2. The molecule has 1 fully saturated rings. The largest absolute Gasteiger partial charge is 0.375 e. The molecule has 0 saturated heterocycles. The standard InChI is InChI=1S/C21H30N4O2/c1-5-6-13-25(4)17-11-9-16(10-12-17)20(26)22-18(14(2)3)21-23-19(24-27-21)15-7-8-15/h9-12,14-15,18H,5-8,13H2,1-4H3,(H,22,26). The first-order valence-corrected chi connectivity index (χ1v) is 9.95. The van der Waals surface area contributed by atoms with Crippen molar-refractivity contribution in [3.8, 4) is 0 Å². The van der Waals surface area contributed by atoms with Crippen molar-refractivity contribution < 1.29 is 9.32 Å². The lowest BCUT2D eigenvalue weighted by Gasteiger charge is -2.20. The molecule has 0 spiro atoms. The number of hydrogen-bond donors (Lipinski definition) is 1. The van der Waals surface area contributed by atoms with Crippen molar-refractivity contribution in [2.75, 3.05) is 18.5 Å². The zero-order chi connectivity index (χ0) is 19.4. The molecule has 0 bridgehead atoms. The smallest absolute Gasteiger partial charge is 0.251 e. The van der Waals surface area contributed by atoms with E-state index in [0.29, 0.717) is 17.4 Å². The van der Waals surface area contributed by atoms with Gasteiger partial charge in [-0.2, -0.15) is 4.98 Å². The maximum absolute atomic E-state index is 12.7. The molecule has 6 nitrogen and oxygen atoms in total. The lowest BCUT2D eigenvalue weighted by Crippen LogP contribution is -2.32. The Morgan fingerprint density at radius 3 is 2.59 bits per heavy atom. The summed E-state index contributed by atoms with van der Waals surface area (Å²) in [7, 11) is 2.08. The molecule has 27 heavy (non-hydrogen) atoms. The first kappa shape index (κ1) is 19.4. The predicted molar refractivity (Wildman–Crippen MR) is 106 cm³/mol. The van der Waals surface area contributed by atoms with Gasteiger partial charge in [0.2, 0.25) is 5.89 Å². The molecule has 1 heterocycles. The van der Waals surface area contributed by atoms with E-state index in [1.54, 1.807) is 0 Å². The molecule has 3 rings (SSSR count). The van der Waals surface area contributed by atoms with Gasteiger partial charge in [-0.15, -0.1) is 0 Å². The normalized spacial score (nSPS) is 15.0. The highest BCUT2D eigenvalue weighted by molar-refractivity contribution is 5.94. The Bertz CT molecular complexity index is 750. The third-order valence-corrected chi connectivity index (χ3v) is 5.04. The summed E-state index contributed by atoms with van der Waals surface area (Å²) in [5.41, 5.74) is 1.75. The molecule has 1 aromatic heterocycles. The van der Waals surface area contributed by atoms with Crippen molar-refractivity contribution in [1.29, 1.82) is 0 Å². The Hall–Kier alpha value is -2.37. The van der Waals surface area contributed by atoms with Gasteiger partial charge in [-0.05, 0) is 49.4 Å². The van der Waals surface area contributed by atoms with Crippen LogP contribution in [-0.2, 0) is 0 Å². The van der Waals surface area contributed by atoms with E-state index in [9.17, 15) is 4.79 Å². The quantitative estimate of drug-likeness (QED) is 0.712. The van der Waals surface area contributed by atoms with E-state index in [1.165, 1.54) is 6.42 Å². The number of carbonyl (C=O) groups excluding carboxylic acids is 1. The first-order valence-electron chi connectivity index (χ1n) is 9.95. The molecular weight excluding hydrogens is 340 g/mol. The van der Waals surface area contributed by atoms with E-state index in [4.69, 9.17) is 4.52 Å². The number of hydrogen-bond acceptors (Lipinski definition) is 5. The van der Waals surface area contributed by atoms with E-state index in [-0.39, 0.29) is 17.9 Å².